The predicted molar refractivity (Wildman–Crippen MR) is 145 cm³/mol. The molecule has 0 aliphatic carbocycles. The van der Waals surface area contributed by atoms with Crippen LogP contribution in [0.3, 0.4) is 0 Å². The second-order valence-corrected chi connectivity index (χ2v) is 12.2. The Morgan fingerprint density at radius 1 is 1.11 bits per heavy atom. The molecule has 198 valence electrons. The van der Waals surface area contributed by atoms with Crippen molar-refractivity contribution in [3.63, 3.8) is 0 Å². The first-order valence-corrected chi connectivity index (χ1v) is 14.7. The molecule has 0 saturated carbocycles. The van der Waals surface area contributed by atoms with Crippen molar-refractivity contribution in [2.24, 2.45) is 0 Å². The van der Waals surface area contributed by atoms with Gasteiger partial charge in [0.05, 0.1) is 6.61 Å². The molecule has 0 amide bonds. The topological polar surface area (TPSA) is 84.9 Å². The minimum atomic E-state index is -2.99. The molecule has 9 heteroatoms. The molecule has 0 saturated heterocycles. The highest BCUT2D eigenvalue weighted by molar-refractivity contribution is 7.60. The van der Waals surface area contributed by atoms with Crippen molar-refractivity contribution >= 4 is 24.9 Å². The van der Waals surface area contributed by atoms with Gasteiger partial charge in [-0.15, -0.1) is 0 Å². The molecule has 0 aliphatic rings. The number of carbonyl (C=O) groups excluding carboxylic acids is 1. The number of phenolic OH excluding ortho intramolecular Hbond substituents is 1. The molecule has 3 aromatic carbocycles. The molecule has 3 rings (SSSR count). The van der Waals surface area contributed by atoms with Crippen LogP contribution in [0.5, 0.6) is 11.5 Å². The fourth-order valence-electron chi connectivity index (χ4n) is 3.93. The molecule has 0 radical (unpaired) electrons. The van der Waals surface area contributed by atoms with Gasteiger partial charge in [-0.2, -0.15) is 0 Å². The summed E-state index contributed by atoms with van der Waals surface area (Å²) in [7, 11) is -2.99. The van der Waals surface area contributed by atoms with Gasteiger partial charge in [0.1, 0.15) is 23.4 Å². The predicted octanol–water partition coefficient (Wildman–Crippen LogP) is 6.46. The highest BCUT2D eigenvalue weighted by atomic mass is 35.5. The highest BCUT2D eigenvalue weighted by Crippen LogP contribution is 2.38. The van der Waals surface area contributed by atoms with E-state index in [0.717, 1.165) is 27.8 Å². The average Bonchev–Trinajstić information content (AvgIpc) is 2.83. The summed E-state index contributed by atoms with van der Waals surface area (Å²) in [6, 6.07) is 14.4. The lowest BCUT2D eigenvalue weighted by Crippen LogP contribution is -2.34. The van der Waals surface area contributed by atoms with Crippen LogP contribution >= 0.6 is 18.9 Å². The number of hydrogen-bond donors (Lipinski definition) is 2. The molecule has 3 aromatic rings. The number of aromatic hydroxyl groups is 1. The van der Waals surface area contributed by atoms with Gasteiger partial charge in [0.15, 0.2) is 13.6 Å². The van der Waals surface area contributed by atoms with Crippen molar-refractivity contribution in [2.45, 2.75) is 39.7 Å². The number of carbonyl (C=O) groups is 1. The van der Waals surface area contributed by atoms with Gasteiger partial charge in [-0.3, -0.25) is 9.88 Å². The van der Waals surface area contributed by atoms with E-state index in [4.69, 9.17) is 21.1 Å². The fourth-order valence-corrected chi connectivity index (χ4v) is 5.65. The van der Waals surface area contributed by atoms with Crippen molar-refractivity contribution in [2.75, 3.05) is 19.6 Å². The standard InChI is InChI=1S/C28H32ClFNO5P/c1-5-35-28(33)19(3)31-37(4,34)17-36-24-12-18(2)25(26(29)16-24)15-21-8-11-27(32)22(14-21)13-20-6-9-23(30)10-7-20/h6-12,14,16,19,32H,5,13,15,17H2,1-4H3,(H,31,34)/t19-,37?/m1/s1. The Labute approximate surface area is 222 Å². The van der Waals surface area contributed by atoms with E-state index >= 15 is 0 Å². The maximum absolute atomic E-state index is 13.2. The Balaban J connectivity index is 1.69. The van der Waals surface area contributed by atoms with Crippen molar-refractivity contribution < 1.29 is 28.3 Å². The Morgan fingerprint density at radius 2 is 1.78 bits per heavy atom. The highest BCUT2D eigenvalue weighted by Gasteiger charge is 2.24. The molecule has 0 aliphatic heterocycles. The number of rotatable bonds is 11. The second kappa shape index (κ2) is 12.6. The van der Waals surface area contributed by atoms with Gasteiger partial charge in [0.25, 0.3) is 0 Å². The minimum Gasteiger partial charge on any atom is -0.508 e. The maximum atomic E-state index is 13.2. The van der Waals surface area contributed by atoms with Crippen LogP contribution < -0.4 is 9.82 Å². The van der Waals surface area contributed by atoms with Crippen LogP contribution in [0.25, 0.3) is 0 Å². The van der Waals surface area contributed by atoms with E-state index in [2.05, 4.69) is 5.09 Å². The molecule has 6 nitrogen and oxygen atoms in total. The number of esters is 1. The van der Waals surface area contributed by atoms with Crippen LogP contribution in [0, 0.1) is 12.7 Å². The molecule has 0 aromatic heterocycles. The quantitative estimate of drug-likeness (QED) is 0.212. The summed E-state index contributed by atoms with van der Waals surface area (Å²) in [6.07, 6.45) is 0.891. The van der Waals surface area contributed by atoms with Crippen molar-refractivity contribution in [3.8, 4) is 11.5 Å². The van der Waals surface area contributed by atoms with Crippen LogP contribution in [0.4, 0.5) is 4.39 Å². The molecule has 2 N–H and O–H groups in total. The third-order valence-corrected chi connectivity index (χ3v) is 7.70. The number of benzene rings is 3. The normalized spacial score (nSPS) is 13.6. The minimum absolute atomic E-state index is 0.115. The Hall–Kier alpha value is -2.86. The fraction of sp³-hybridized carbons (Fsp3) is 0.321. The smallest absolute Gasteiger partial charge is 0.323 e. The summed E-state index contributed by atoms with van der Waals surface area (Å²) >= 11 is 6.60. The summed E-state index contributed by atoms with van der Waals surface area (Å²) in [5.74, 6) is -0.123. The van der Waals surface area contributed by atoms with Crippen molar-refractivity contribution in [1.82, 2.24) is 5.09 Å². The first-order valence-electron chi connectivity index (χ1n) is 12.0. The van der Waals surface area contributed by atoms with Crippen LogP contribution in [0.1, 0.15) is 41.7 Å². The number of halogens is 2. The number of nitrogens with one attached hydrogen (secondary N) is 1. The summed E-state index contributed by atoms with van der Waals surface area (Å²) in [5.41, 5.74) is 4.39. The van der Waals surface area contributed by atoms with Gasteiger partial charge in [0, 0.05) is 18.1 Å². The largest absolute Gasteiger partial charge is 0.508 e. The van der Waals surface area contributed by atoms with Gasteiger partial charge in [-0.05, 0) is 85.3 Å². The number of ether oxygens (including phenoxy) is 2. The summed E-state index contributed by atoms with van der Waals surface area (Å²) in [6.45, 7) is 6.99. The lowest BCUT2D eigenvalue weighted by atomic mass is 9.96. The van der Waals surface area contributed by atoms with Crippen molar-refractivity contribution in [1.29, 1.82) is 0 Å². The molecule has 0 heterocycles. The van der Waals surface area contributed by atoms with Crippen LogP contribution in [-0.4, -0.2) is 36.7 Å². The number of phenols is 1. The van der Waals surface area contributed by atoms with Gasteiger partial charge in [-0.1, -0.05) is 35.9 Å². The third-order valence-electron chi connectivity index (χ3n) is 5.81. The van der Waals surface area contributed by atoms with Gasteiger partial charge in [0.2, 0.25) is 0 Å². The Bertz CT molecular complexity index is 1280. The molecule has 37 heavy (non-hydrogen) atoms. The summed E-state index contributed by atoms with van der Waals surface area (Å²) in [4.78, 5) is 11.8. The van der Waals surface area contributed by atoms with Crippen molar-refractivity contribution in [3.05, 3.63) is 93.3 Å². The lowest BCUT2D eigenvalue weighted by Gasteiger charge is -2.20. The van der Waals surface area contributed by atoms with E-state index in [0.29, 0.717) is 23.6 Å². The summed E-state index contributed by atoms with van der Waals surface area (Å²) < 4.78 is 36.8. The molecular weight excluding hydrogens is 516 g/mol. The Kier molecular flexibility index (Phi) is 9.77. The van der Waals surface area contributed by atoms with Crippen LogP contribution in [0.15, 0.2) is 54.6 Å². The molecular formula is C28H32ClFNO5P. The molecule has 1 unspecified atom stereocenters. The molecule has 0 spiro atoms. The summed E-state index contributed by atoms with van der Waals surface area (Å²) in [5, 5.41) is 13.6. The van der Waals surface area contributed by atoms with Gasteiger partial charge < -0.3 is 19.1 Å². The lowest BCUT2D eigenvalue weighted by molar-refractivity contribution is -0.144. The zero-order chi connectivity index (χ0) is 27.2. The van der Waals surface area contributed by atoms with E-state index in [1.54, 1.807) is 38.1 Å². The second-order valence-electron chi connectivity index (χ2n) is 9.12. The number of aryl methyl sites for hydroxylation is 1. The SMILES string of the molecule is CCOC(=O)[C@@H](C)NP(C)(=O)COc1cc(C)c(Cc2ccc(O)c(Cc3ccc(F)cc3)c2)c(Cl)c1. The first kappa shape index (κ1) is 28.7. The van der Waals surface area contributed by atoms with E-state index in [9.17, 15) is 18.9 Å². The monoisotopic (exact) mass is 547 g/mol. The Morgan fingerprint density at radius 3 is 2.43 bits per heavy atom. The van der Waals surface area contributed by atoms with E-state index in [-0.39, 0.29) is 24.5 Å². The van der Waals surface area contributed by atoms with Gasteiger partial charge in [-0.25, -0.2) is 4.39 Å². The molecule has 0 fully saturated rings. The zero-order valence-corrected chi connectivity index (χ0v) is 23.0. The number of hydrogen-bond acceptors (Lipinski definition) is 5. The van der Waals surface area contributed by atoms with E-state index in [1.165, 1.54) is 18.8 Å². The molecule has 0 bridgehead atoms. The van der Waals surface area contributed by atoms with Gasteiger partial charge >= 0.3 is 5.97 Å². The van der Waals surface area contributed by atoms with Crippen LogP contribution in [-0.2, 0) is 26.9 Å². The average molecular weight is 548 g/mol. The zero-order valence-electron chi connectivity index (χ0n) is 21.4. The van der Waals surface area contributed by atoms with E-state index < -0.39 is 19.3 Å². The molecule has 2 atom stereocenters. The van der Waals surface area contributed by atoms with E-state index in [1.807, 2.05) is 25.1 Å². The maximum Gasteiger partial charge on any atom is 0.323 e. The van der Waals surface area contributed by atoms with Crippen LogP contribution in [0.2, 0.25) is 5.02 Å². The first-order chi connectivity index (χ1) is 17.5. The third kappa shape index (κ3) is 8.32.